The summed E-state index contributed by atoms with van der Waals surface area (Å²) in [5, 5.41) is 7.57. The minimum Gasteiger partial charge on any atom is -0.359 e. The molecule has 1 unspecified atom stereocenters. The fourth-order valence-electron chi connectivity index (χ4n) is 2.64. The van der Waals surface area contributed by atoms with E-state index in [9.17, 15) is 0 Å². The summed E-state index contributed by atoms with van der Waals surface area (Å²) in [6.07, 6.45) is 1.20. The summed E-state index contributed by atoms with van der Waals surface area (Å²) in [5.74, 6) is 0.926. The lowest BCUT2D eigenvalue weighted by Gasteiger charge is -2.21. The van der Waals surface area contributed by atoms with Gasteiger partial charge in [-0.25, -0.2) is 0 Å². The Kier molecular flexibility index (Phi) is 5.39. The van der Waals surface area contributed by atoms with Crippen LogP contribution >= 0.6 is 12.4 Å². The standard InChI is InChI=1S/C16H21N3O.ClH/c1-12-3-5-13(6-4-12)16-9-15(20-18-16)11-19(2)14-7-8-17-10-14;/h3-6,9,14,17H,7-8,10-11H2,1-2H3;1H. The molecular formula is C16H22ClN3O. The van der Waals surface area contributed by atoms with Crippen LogP contribution in [-0.2, 0) is 6.54 Å². The monoisotopic (exact) mass is 307 g/mol. The average Bonchev–Trinajstić information content (AvgIpc) is 3.10. The maximum atomic E-state index is 5.47. The molecular weight excluding hydrogens is 286 g/mol. The van der Waals surface area contributed by atoms with Crippen LogP contribution in [0.5, 0.6) is 0 Å². The number of rotatable bonds is 4. The Hall–Kier alpha value is -1.36. The van der Waals surface area contributed by atoms with E-state index in [1.807, 2.05) is 6.07 Å². The molecule has 1 aliphatic rings. The molecule has 21 heavy (non-hydrogen) atoms. The molecule has 0 bridgehead atoms. The first kappa shape index (κ1) is 16.0. The Balaban J connectivity index is 0.00000161. The van der Waals surface area contributed by atoms with Crippen molar-refractivity contribution in [1.82, 2.24) is 15.4 Å². The minimum absolute atomic E-state index is 0. The van der Waals surface area contributed by atoms with Gasteiger partial charge in [-0.2, -0.15) is 0 Å². The SMILES string of the molecule is Cc1ccc(-c2cc(CN(C)C3CCNC3)on2)cc1.Cl. The fraction of sp³-hybridized carbons (Fsp3) is 0.438. The van der Waals surface area contributed by atoms with Crippen LogP contribution in [0.25, 0.3) is 11.3 Å². The van der Waals surface area contributed by atoms with Gasteiger partial charge in [0.1, 0.15) is 5.69 Å². The zero-order chi connectivity index (χ0) is 13.9. The number of likely N-dealkylation sites (N-methyl/N-ethyl adjacent to an activating group) is 1. The van der Waals surface area contributed by atoms with Crippen LogP contribution in [0.1, 0.15) is 17.7 Å². The van der Waals surface area contributed by atoms with Gasteiger partial charge in [-0.3, -0.25) is 4.90 Å². The summed E-state index contributed by atoms with van der Waals surface area (Å²) in [6.45, 7) is 5.07. The number of hydrogen-bond donors (Lipinski definition) is 1. The van der Waals surface area contributed by atoms with Crippen LogP contribution in [0.15, 0.2) is 34.9 Å². The van der Waals surface area contributed by atoms with Gasteiger partial charge < -0.3 is 9.84 Å². The highest BCUT2D eigenvalue weighted by atomic mass is 35.5. The van der Waals surface area contributed by atoms with Crippen molar-refractivity contribution in [3.8, 4) is 11.3 Å². The van der Waals surface area contributed by atoms with Gasteiger partial charge in [0, 0.05) is 24.2 Å². The van der Waals surface area contributed by atoms with Crippen LogP contribution in [0.4, 0.5) is 0 Å². The van der Waals surface area contributed by atoms with Gasteiger partial charge in [0.15, 0.2) is 5.76 Å². The van der Waals surface area contributed by atoms with Crippen molar-refractivity contribution in [2.24, 2.45) is 0 Å². The number of aryl methyl sites for hydroxylation is 1. The molecule has 1 atom stereocenters. The summed E-state index contributed by atoms with van der Waals surface area (Å²) in [7, 11) is 2.14. The molecule has 4 nitrogen and oxygen atoms in total. The minimum atomic E-state index is 0. The lowest BCUT2D eigenvalue weighted by Crippen LogP contribution is -2.32. The zero-order valence-corrected chi connectivity index (χ0v) is 13.3. The molecule has 0 amide bonds. The maximum Gasteiger partial charge on any atom is 0.151 e. The quantitative estimate of drug-likeness (QED) is 0.943. The molecule has 1 fully saturated rings. The van der Waals surface area contributed by atoms with Gasteiger partial charge in [0.2, 0.25) is 0 Å². The summed E-state index contributed by atoms with van der Waals surface area (Å²) >= 11 is 0. The third-order valence-electron chi connectivity index (χ3n) is 3.97. The molecule has 1 aliphatic heterocycles. The molecule has 2 heterocycles. The largest absolute Gasteiger partial charge is 0.359 e. The summed E-state index contributed by atoms with van der Waals surface area (Å²) in [4.78, 5) is 2.33. The zero-order valence-electron chi connectivity index (χ0n) is 12.5. The number of nitrogens with zero attached hydrogens (tertiary/aromatic N) is 2. The lowest BCUT2D eigenvalue weighted by molar-refractivity contribution is 0.218. The Bertz CT molecular complexity index is 561. The Morgan fingerprint density at radius 3 is 2.76 bits per heavy atom. The van der Waals surface area contributed by atoms with Gasteiger partial charge in [0.25, 0.3) is 0 Å². The van der Waals surface area contributed by atoms with Crippen LogP contribution in [0, 0.1) is 6.92 Å². The van der Waals surface area contributed by atoms with Crippen molar-refractivity contribution in [3.05, 3.63) is 41.7 Å². The first-order chi connectivity index (χ1) is 9.72. The van der Waals surface area contributed by atoms with Gasteiger partial charge in [0.05, 0.1) is 6.54 Å². The Labute approximate surface area is 131 Å². The Morgan fingerprint density at radius 2 is 2.10 bits per heavy atom. The van der Waals surface area contributed by atoms with Crippen molar-refractivity contribution in [3.63, 3.8) is 0 Å². The average molecular weight is 308 g/mol. The first-order valence-electron chi connectivity index (χ1n) is 7.16. The molecule has 0 aliphatic carbocycles. The maximum absolute atomic E-state index is 5.47. The molecule has 0 saturated carbocycles. The highest BCUT2D eigenvalue weighted by Crippen LogP contribution is 2.21. The van der Waals surface area contributed by atoms with Crippen LogP contribution in [0.3, 0.4) is 0 Å². The van der Waals surface area contributed by atoms with Crippen molar-refractivity contribution in [2.45, 2.75) is 25.9 Å². The lowest BCUT2D eigenvalue weighted by atomic mass is 10.1. The predicted molar refractivity (Wildman–Crippen MR) is 86.7 cm³/mol. The van der Waals surface area contributed by atoms with E-state index in [1.54, 1.807) is 0 Å². The van der Waals surface area contributed by atoms with E-state index in [0.29, 0.717) is 6.04 Å². The van der Waals surface area contributed by atoms with E-state index in [4.69, 9.17) is 4.52 Å². The number of aromatic nitrogens is 1. The van der Waals surface area contributed by atoms with E-state index < -0.39 is 0 Å². The van der Waals surface area contributed by atoms with Crippen LogP contribution in [-0.4, -0.2) is 36.2 Å². The first-order valence-corrected chi connectivity index (χ1v) is 7.16. The molecule has 1 aromatic carbocycles. The molecule has 2 aromatic rings. The van der Waals surface area contributed by atoms with E-state index in [0.717, 1.165) is 36.7 Å². The van der Waals surface area contributed by atoms with Crippen molar-refractivity contribution < 1.29 is 4.52 Å². The van der Waals surface area contributed by atoms with Crippen molar-refractivity contribution >= 4 is 12.4 Å². The number of nitrogens with one attached hydrogen (secondary N) is 1. The predicted octanol–water partition coefficient (Wildman–Crippen LogP) is 2.87. The summed E-state index contributed by atoms with van der Waals surface area (Å²) in [6, 6.07) is 11.0. The molecule has 1 N–H and O–H groups in total. The fourth-order valence-corrected chi connectivity index (χ4v) is 2.64. The second-order valence-corrected chi connectivity index (χ2v) is 5.61. The number of hydrogen-bond acceptors (Lipinski definition) is 4. The van der Waals surface area contributed by atoms with Crippen molar-refractivity contribution in [1.29, 1.82) is 0 Å². The van der Waals surface area contributed by atoms with Crippen molar-refractivity contribution in [2.75, 3.05) is 20.1 Å². The van der Waals surface area contributed by atoms with E-state index >= 15 is 0 Å². The van der Waals surface area contributed by atoms with Gasteiger partial charge in [-0.05, 0) is 26.9 Å². The van der Waals surface area contributed by atoms with E-state index in [-0.39, 0.29) is 12.4 Å². The molecule has 1 saturated heterocycles. The summed E-state index contributed by atoms with van der Waals surface area (Å²) in [5.41, 5.74) is 3.28. The third-order valence-corrected chi connectivity index (χ3v) is 3.97. The van der Waals surface area contributed by atoms with E-state index in [1.165, 1.54) is 12.0 Å². The molecule has 0 radical (unpaired) electrons. The molecule has 1 aromatic heterocycles. The van der Waals surface area contributed by atoms with Gasteiger partial charge in [-0.1, -0.05) is 35.0 Å². The second-order valence-electron chi connectivity index (χ2n) is 5.61. The van der Waals surface area contributed by atoms with Crippen LogP contribution in [0.2, 0.25) is 0 Å². The van der Waals surface area contributed by atoms with Gasteiger partial charge >= 0.3 is 0 Å². The molecule has 3 rings (SSSR count). The topological polar surface area (TPSA) is 41.3 Å². The Morgan fingerprint density at radius 1 is 1.33 bits per heavy atom. The number of halogens is 1. The third kappa shape index (κ3) is 3.84. The number of benzene rings is 1. The normalized spacial score (nSPS) is 18.0. The smallest absolute Gasteiger partial charge is 0.151 e. The highest BCUT2D eigenvalue weighted by molar-refractivity contribution is 5.85. The second kappa shape index (κ2) is 7.07. The molecule has 5 heteroatoms. The summed E-state index contributed by atoms with van der Waals surface area (Å²) < 4.78 is 5.47. The molecule has 114 valence electrons. The van der Waals surface area contributed by atoms with Crippen LogP contribution < -0.4 is 5.32 Å². The van der Waals surface area contributed by atoms with Gasteiger partial charge in [-0.15, -0.1) is 12.4 Å². The van der Waals surface area contributed by atoms with E-state index in [2.05, 4.69) is 53.6 Å². The molecule has 0 spiro atoms. The highest BCUT2D eigenvalue weighted by Gasteiger charge is 2.20.